The number of rotatable bonds is 4. The van der Waals surface area contributed by atoms with E-state index >= 15 is 0 Å². The maximum absolute atomic E-state index is 12.9. The molecule has 1 fully saturated rings. The summed E-state index contributed by atoms with van der Waals surface area (Å²) >= 11 is 1.67. The van der Waals surface area contributed by atoms with Gasteiger partial charge in [0.05, 0.1) is 18.1 Å². The van der Waals surface area contributed by atoms with Gasteiger partial charge in [-0.1, -0.05) is 6.92 Å². The molecule has 2 aliphatic heterocycles. The zero-order valence-corrected chi connectivity index (χ0v) is 13.5. The lowest BCUT2D eigenvalue weighted by Gasteiger charge is -2.34. The molecule has 0 bridgehead atoms. The minimum atomic E-state index is 0.225. The zero-order chi connectivity index (χ0) is 14.7. The van der Waals surface area contributed by atoms with Crippen molar-refractivity contribution in [2.45, 2.75) is 45.3 Å². The third kappa shape index (κ3) is 3.30. The molecule has 1 aromatic rings. The van der Waals surface area contributed by atoms with Crippen molar-refractivity contribution in [2.75, 3.05) is 26.2 Å². The fourth-order valence-electron chi connectivity index (χ4n) is 3.20. The summed E-state index contributed by atoms with van der Waals surface area (Å²) in [5, 5.41) is 3.38. The molecule has 21 heavy (non-hydrogen) atoms. The molecule has 3 rings (SSSR count). The first kappa shape index (κ1) is 15.0. The largest absolute Gasteiger partial charge is 0.376 e. The molecule has 2 aliphatic rings. The molecule has 0 unspecified atom stereocenters. The van der Waals surface area contributed by atoms with Crippen LogP contribution in [0.15, 0.2) is 6.07 Å². The highest BCUT2D eigenvalue weighted by atomic mass is 32.1. The Labute approximate surface area is 130 Å². The maximum Gasteiger partial charge on any atom is 0.264 e. The highest BCUT2D eigenvalue weighted by Gasteiger charge is 2.27. The summed E-state index contributed by atoms with van der Waals surface area (Å²) in [4.78, 5) is 17.3. The van der Waals surface area contributed by atoms with E-state index in [1.165, 1.54) is 10.4 Å². The highest BCUT2D eigenvalue weighted by molar-refractivity contribution is 7.14. The Morgan fingerprint density at radius 2 is 2.29 bits per heavy atom. The highest BCUT2D eigenvalue weighted by Crippen LogP contribution is 2.29. The van der Waals surface area contributed by atoms with E-state index in [4.69, 9.17) is 4.74 Å². The fourth-order valence-corrected chi connectivity index (χ4v) is 4.31. The summed E-state index contributed by atoms with van der Waals surface area (Å²) in [6.45, 7) is 6.51. The zero-order valence-electron chi connectivity index (χ0n) is 12.7. The summed E-state index contributed by atoms with van der Waals surface area (Å²) in [5.74, 6) is 0.225. The summed E-state index contributed by atoms with van der Waals surface area (Å²) in [6, 6.07) is 2.46. The van der Waals surface area contributed by atoms with Gasteiger partial charge in [0, 0.05) is 23.9 Å². The lowest BCUT2D eigenvalue weighted by Crippen LogP contribution is -2.46. The number of carbonyl (C=O) groups excluding carboxylic acids is 1. The van der Waals surface area contributed by atoms with E-state index in [0.717, 1.165) is 56.8 Å². The van der Waals surface area contributed by atoms with Crippen molar-refractivity contribution >= 4 is 17.2 Å². The van der Waals surface area contributed by atoms with Gasteiger partial charge in [0.15, 0.2) is 0 Å². The van der Waals surface area contributed by atoms with Gasteiger partial charge in [-0.3, -0.25) is 4.79 Å². The van der Waals surface area contributed by atoms with Crippen LogP contribution in [-0.4, -0.2) is 43.1 Å². The number of ether oxygens (including phenoxy) is 1. The van der Waals surface area contributed by atoms with Gasteiger partial charge >= 0.3 is 0 Å². The average Bonchev–Trinajstić information content (AvgIpc) is 2.97. The number of carbonyl (C=O) groups is 1. The number of fused-ring (bicyclic) bond motifs is 1. The number of piperidine rings is 1. The smallest absolute Gasteiger partial charge is 0.264 e. The summed E-state index contributed by atoms with van der Waals surface area (Å²) in [6.07, 6.45) is 4.11. The van der Waals surface area contributed by atoms with Crippen molar-refractivity contribution in [3.05, 3.63) is 21.4 Å². The SMILES string of the molecule is CCCN(C(=O)c1cc2c(s1)CCOC2)C1CCNCC1. The van der Waals surface area contributed by atoms with Gasteiger partial charge in [-0.05, 0) is 44.0 Å². The number of nitrogens with zero attached hydrogens (tertiary/aromatic N) is 1. The van der Waals surface area contributed by atoms with Crippen LogP contribution in [0.25, 0.3) is 0 Å². The Morgan fingerprint density at radius 3 is 3.00 bits per heavy atom. The van der Waals surface area contributed by atoms with Gasteiger partial charge in [0.2, 0.25) is 0 Å². The fraction of sp³-hybridized carbons (Fsp3) is 0.688. The molecule has 0 radical (unpaired) electrons. The standard InChI is InChI=1S/C16H24N2O2S/c1-2-8-18(13-3-6-17-7-4-13)16(19)15-10-12-11-20-9-5-14(12)21-15/h10,13,17H,2-9,11H2,1H3. The molecule has 116 valence electrons. The molecule has 0 spiro atoms. The molecule has 3 heterocycles. The lowest BCUT2D eigenvalue weighted by molar-refractivity contribution is 0.0647. The summed E-state index contributed by atoms with van der Waals surface area (Å²) in [5.41, 5.74) is 1.22. The van der Waals surface area contributed by atoms with Gasteiger partial charge in [0.1, 0.15) is 0 Å². The van der Waals surface area contributed by atoms with E-state index in [1.54, 1.807) is 11.3 Å². The third-order valence-corrected chi connectivity index (χ3v) is 5.54. The number of amides is 1. The van der Waals surface area contributed by atoms with E-state index < -0.39 is 0 Å². The van der Waals surface area contributed by atoms with Crippen LogP contribution in [0.2, 0.25) is 0 Å². The second-order valence-electron chi connectivity index (χ2n) is 5.84. The van der Waals surface area contributed by atoms with Crippen molar-refractivity contribution in [3.63, 3.8) is 0 Å². The van der Waals surface area contributed by atoms with Gasteiger partial charge in [0.25, 0.3) is 5.91 Å². The maximum atomic E-state index is 12.9. The van der Waals surface area contributed by atoms with Crippen LogP contribution in [0.4, 0.5) is 0 Å². The number of hydrogen-bond donors (Lipinski definition) is 1. The Balaban J connectivity index is 1.77. The lowest BCUT2D eigenvalue weighted by atomic mass is 10.0. The third-order valence-electron chi connectivity index (χ3n) is 4.31. The second kappa shape index (κ2) is 6.90. The molecule has 0 atom stereocenters. The minimum Gasteiger partial charge on any atom is -0.376 e. The van der Waals surface area contributed by atoms with E-state index in [2.05, 4.69) is 23.2 Å². The van der Waals surface area contributed by atoms with E-state index in [9.17, 15) is 4.79 Å². The molecule has 4 nitrogen and oxygen atoms in total. The van der Waals surface area contributed by atoms with Crippen molar-refractivity contribution < 1.29 is 9.53 Å². The number of thiophene rings is 1. The molecule has 1 amide bonds. The second-order valence-corrected chi connectivity index (χ2v) is 6.98. The van der Waals surface area contributed by atoms with Crippen molar-refractivity contribution in [2.24, 2.45) is 0 Å². The van der Waals surface area contributed by atoms with Crippen LogP contribution >= 0.6 is 11.3 Å². The molecule has 0 aliphatic carbocycles. The minimum absolute atomic E-state index is 0.225. The monoisotopic (exact) mass is 308 g/mol. The number of hydrogen-bond acceptors (Lipinski definition) is 4. The van der Waals surface area contributed by atoms with Gasteiger partial charge < -0.3 is 15.0 Å². The van der Waals surface area contributed by atoms with Crippen LogP contribution in [0.5, 0.6) is 0 Å². The van der Waals surface area contributed by atoms with Crippen LogP contribution in [0.1, 0.15) is 46.3 Å². The quantitative estimate of drug-likeness (QED) is 0.929. The molecule has 5 heteroatoms. The Morgan fingerprint density at radius 1 is 1.48 bits per heavy atom. The molecular formula is C16H24N2O2S. The van der Waals surface area contributed by atoms with Crippen LogP contribution in [0.3, 0.4) is 0 Å². The van der Waals surface area contributed by atoms with E-state index in [1.807, 2.05) is 0 Å². The average molecular weight is 308 g/mol. The summed E-state index contributed by atoms with van der Waals surface area (Å²) in [7, 11) is 0. The first-order valence-corrected chi connectivity index (χ1v) is 8.82. The molecular weight excluding hydrogens is 284 g/mol. The van der Waals surface area contributed by atoms with Crippen molar-refractivity contribution in [3.8, 4) is 0 Å². The first-order chi connectivity index (χ1) is 10.3. The van der Waals surface area contributed by atoms with E-state index in [0.29, 0.717) is 12.6 Å². The predicted octanol–water partition coefficient (Wildman–Crippen LogP) is 2.43. The molecule has 1 N–H and O–H groups in total. The molecule has 0 aromatic carbocycles. The Kier molecular flexibility index (Phi) is 4.93. The Hall–Kier alpha value is -0.910. The normalized spacial score (nSPS) is 19.3. The topological polar surface area (TPSA) is 41.6 Å². The molecule has 1 aromatic heterocycles. The predicted molar refractivity (Wildman–Crippen MR) is 84.9 cm³/mol. The van der Waals surface area contributed by atoms with Crippen molar-refractivity contribution in [1.29, 1.82) is 0 Å². The van der Waals surface area contributed by atoms with Gasteiger partial charge in [-0.25, -0.2) is 0 Å². The van der Waals surface area contributed by atoms with Crippen LogP contribution < -0.4 is 5.32 Å². The van der Waals surface area contributed by atoms with Crippen LogP contribution in [0, 0.1) is 0 Å². The van der Waals surface area contributed by atoms with Gasteiger partial charge in [-0.15, -0.1) is 11.3 Å². The summed E-state index contributed by atoms with van der Waals surface area (Å²) < 4.78 is 5.49. The molecule has 1 saturated heterocycles. The van der Waals surface area contributed by atoms with E-state index in [-0.39, 0.29) is 5.91 Å². The van der Waals surface area contributed by atoms with Gasteiger partial charge in [-0.2, -0.15) is 0 Å². The first-order valence-electron chi connectivity index (χ1n) is 8.00. The van der Waals surface area contributed by atoms with Crippen LogP contribution in [-0.2, 0) is 17.8 Å². The molecule has 0 saturated carbocycles. The Bertz CT molecular complexity index is 471. The number of nitrogens with one attached hydrogen (secondary N) is 1. The van der Waals surface area contributed by atoms with Crippen molar-refractivity contribution in [1.82, 2.24) is 10.2 Å².